The molecule has 2 atom stereocenters. The summed E-state index contributed by atoms with van der Waals surface area (Å²) < 4.78 is 24.9. The molecule has 178 valence electrons. The van der Waals surface area contributed by atoms with Crippen molar-refractivity contribution in [3.8, 4) is 0 Å². The number of dihydropyridines is 1. The molecule has 2 heterocycles. The quantitative estimate of drug-likeness (QED) is 0.643. The van der Waals surface area contributed by atoms with Crippen molar-refractivity contribution in [1.82, 2.24) is 5.32 Å². The second-order valence-corrected chi connectivity index (χ2v) is 14.1. The third-order valence-corrected chi connectivity index (χ3v) is 8.16. The highest BCUT2D eigenvalue weighted by Gasteiger charge is 2.53. The number of hydrogen-bond donors (Lipinski definition) is 1. The zero-order chi connectivity index (χ0) is 24.6. The van der Waals surface area contributed by atoms with Gasteiger partial charge in [0.15, 0.2) is 21.4 Å². The Balaban J connectivity index is 2.01. The SMILES string of the molecule is Cc1ccc(S(C)(=O)=O)cc1[C@@]1(C)C2=C(CC(C)(C)CC2=O)NC2=C1C(CC(C)(C)C)N=N2. The lowest BCUT2D eigenvalue weighted by Gasteiger charge is -2.46. The highest BCUT2D eigenvalue weighted by atomic mass is 32.2. The van der Waals surface area contributed by atoms with Gasteiger partial charge in [-0.25, -0.2) is 8.42 Å². The van der Waals surface area contributed by atoms with Gasteiger partial charge in [-0.15, -0.1) is 5.11 Å². The molecule has 7 heteroatoms. The van der Waals surface area contributed by atoms with E-state index >= 15 is 0 Å². The van der Waals surface area contributed by atoms with Gasteiger partial charge in [0.2, 0.25) is 0 Å². The third-order valence-electron chi connectivity index (χ3n) is 7.05. The van der Waals surface area contributed by atoms with E-state index in [1.807, 2.05) is 13.0 Å². The number of benzene rings is 1. The van der Waals surface area contributed by atoms with Crippen LogP contribution in [-0.4, -0.2) is 26.5 Å². The smallest absolute Gasteiger partial charge is 0.175 e. The van der Waals surface area contributed by atoms with Crippen molar-refractivity contribution in [2.45, 2.75) is 84.1 Å². The van der Waals surface area contributed by atoms with E-state index in [4.69, 9.17) is 0 Å². The Kier molecular flexibility index (Phi) is 5.32. The lowest BCUT2D eigenvalue weighted by atomic mass is 9.59. The molecule has 1 aromatic carbocycles. The Morgan fingerprint density at radius 1 is 1.15 bits per heavy atom. The zero-order valence-electron chi connectivity index (χ0n) is 21.0. The third kappa shape index (κ3) is 4.09. The number of nitrogens with zero attached hydrogens (tertiary/aromatic N) is 2. The summed E-state index contributed by atoms with van der Waals surface area (Å²) in [7, 11) is -3.41. The first-order chi connectivity index (χ1) is 15.0. The van der Waals surface area contributed by atoms with Crippen LogP contribution in [0.1, 0.15) is 71.9 Å². The Bertz CT molecular complexity index is 1250. The molecule has 2 aliphatic heterocycles. The van der Waals surface area contributed by atoms with Crippen molar-refractivity contribution in [3.05, 3.63) is 52.0 Å². The molecule has 1 unspecified atom stereocenters. The Morgan fingerprint density at radius 3 is 2.42 bits per heavy atom. The van der Waals surface area contributed by atoms with Gasteiger partial charge in [0, 0.05) is 34.9 Å². The molecule has 1 N–H and O–H groups in total. The van der Waals surface area contributed by atoms with E-state index in [1.54, 1.807) is 12.1 Å². The Hall–Kier alpha value is -2.28. The van der Waals surface area contributed by atoms with E-state index in [2.05, 4.69) is 57.1 Å². The highest BCUT2D eigenvalue weighted by molar-refractivity contribution is 7.90. The molecule has 1 aromatic rings. The first-order valence-electron chi connectivity index (χ1n) is 11.5. The summed E-state index contributed by atoms with van der Waals surface area (Å²) in [5.41, 5.74) is 3.41. The molecule has 0 spiro atoms. The number of ketones is 1. The second kappa shape index (κ2) is 7.36. The predicted octanol–water partition coefficient (Wildman–Crippen LogP) is 5.38. The zero-order valence-corrected chi connectivity index (χ0v) is 21.8. The van der Waals surface area contributed by atoms with Gasteiger partial charge in [0.1, 0.15) is 0 Å². The number of nitrogens with one attached hydrogen (secondary N) is 1. The van der Waals surface area contributed by atoms with Gasteiger partial charge < -0.3 is 5.32 Å². The van der Waals surface area contributed by atoms with Gasteiger partial charge in [-0.3, -0.25) is 4.79 Å². The van der Waals surface area contributed by atoms with Gasteiger partial charge in [0.25, 0.3) is 0 Å². The van der Waals surface area contributed by atoms with Gasteiger partial charge >= 0.3 is 0 Å². The van der Waals surface area contributed by atoms with Crippen LogP contribution in [-0.2, 0) is 20.0 Å². The molecule has 1 aliphatic carbocycles. The summed E-state index contributed by atoms with van der Waals surface area (Å²) in [4.78, 5) is 14.0. The number of carbonyl (C=O) groups excluding carboxylic acids is 1. The number of rotatable bonds is 3. The topological polar surface area (TPSA) is 88.0 Å². The van der Waals surface area contributed by atoms with E-state index in [9.17, 15) is 13.2 Å². The molecular weight excluding hydrogens is 434 g/mol. The fraction of sp³-hybridized carbons (Fsp3) is 0.577. The largest absolute Gasteiger partial charge is 0.342 e. The van der Waals surface area contributed by atoms with E-state index in [-0.39, 0.29) is 27.6 Å². The lowest BCUT2D eigenvalue weighted by molar-refractivity contribution is -0.118. The van der Waals surface area contributed by atoms with Crippen molar-refractivity contribution in [2.24, 2.45) is 21.1 Å². The van der Waals surface area contributed by atoms with E-state index in [1.165, 1.54) is 6.26 Å². The van der Waals surface area contributed by atoms with Crippen LogP contribution in [0.4, 0.5) is 0 Å². The van der Waals surface area contributed by atoms with Crippen molar-refractivity contribution < 1.29 is 13.2 Å². The summed E-state index contributed by atoms with van der Waals surface area (Å²) in [5.74, 6) is 0.813. The standard InChI is InChI=1S/C26H35N3O3S/c1-15-9-10-16(33(8,31)32)11-17(15)26(7)21-18(13-25(5,6)14-20(21)30)27-23-22(26)19(28-29-23)12-24(2,3)4/h9-11,19,27H,12-14H2,1-8H3/t19?,26-/m0/s1. The predicted molar refractivity (Wildman–Crippen MR) is 130 cm³/mol. The minimum atomic E-state index is -3.41. The van der Waals surface area contributed by atoms with Crippen LogP contribution in [0.15, 0.2) is 56.0 Å². The molecule has 0 radical (unpaired) electrons. The van der Waals surface area contributed by atoms with Crippen LogP contribution < -0.4 is 5.32 Å². The fourth-order valence-corrected chi connectivity index (χ4v) is 6.37. The molecule has 0 saturated carbocycles. The van der Waals surface area contributed by atoms with E-state index in [0.717, 1.165) is 40.8 Å². The van der Waals surface area contributed by atoms with Crippen molar-refractivity contribution >= 4 is 15.6 Å². The van der Waals surface area contributed by atoms with Crippen LogP contribution in [0.3, 0.4) is 0 Å². The molecule has 0 saturated heterocycles. The average Bonchev–Trinajstić information content (AvgIpc) is 3.00. The van der Waals surface area contributed by atoms with E-state index < -0.39 is 15.3 Å². The molecule has 33 heavy (non-hydrogen) atoms. The van der Waals surface area contributed by atoms with Gasteiger partial charge in [0.05, 0.1) is 10.9 Å². The lowest BCUT2D eigenvalue weighted by Crippen LogP contribution is -2.47. The van der Waals surface area contributed by atoms with E-state index in [0.29, 0.717) is 12.2 Å². The van der Waals surface area contributed by atoms with Crippen molar-refractivity contribution in [1.29, 1.82) is 0 Å². The summed E-state index contributed by atoms with van der Waals surface area (Å²) in [6.07, 6.45) is 3.18. The second-order valence-electron chi connectivity index (χ2n) is 12.1. The number of carbonyl (C=O) groups is 1. The summed E-state index contributed by atoms with van der Waals surface area (Å²) in [6, 6.07) is 5.06. The molecule has 0 fully saturated rings. The maximum atomic E-state index is 13.7. The number of hydrogen-bond acceptors (Lipinski definition) is 6. The van der Waals surface area contributed by atoms with Crippen LogP contribution >= 0.6 is 0 Å². The van der Waals surface area contributed by atoms with Gasteiger partial charge in [-0.05, 0) is 60.8 Å². The molecule has 4 rings (SSSR count). The first-order valence-corrected chi connectivity index (χ1v) is 13.4. The molecule has 0 aromatic heterocycles. The summed E-state index contributed by atoms with van der Waals surface area (Å²) in [6.45, 7) is 14.8. The average molecular weight is 470 g/mol. The number of sulfone groups is 1. The van der Waals surface area contributed by atoms with Crippen molar-refractivity contribution in [3.63, 3.8) is 0 Å². The number of azo groups is 1. The normalized spacial score (nSPS) is 26.9. The molecule has 3 aliphatic rings. The number of Topliss-reactive ketones (excluding diaryl/α,β-unsaturated/α-hetero) is 1. The molecular formula is C26H35N3O3S. The first kappa shape index (κ1) is 23.9. The fourth-order valence-electron chi connectivity index (χ4n) is 5.72. The van der Waals surface area contributed by atoms with Crippen molar-refractivity contribution in [2.75, 3.05) is 6.26 Å². The summed E-state index contributed by atoms with van der Waals surface area (Å²) in [5, 5.41) is 12.6. The van der Waals surface area contributed by atoms with Crippen LogP contribution in [0, 0.1) is 17.8 Å². The maximum Gasteiger partial charge on any atom is 0.175 e. The highest BCUT2D eigenvalue weighted by Crippen LogP contribution is 2.54. The van der Waals surface area contributed by atoms with Crippen LogP contribution in [0.5, 0.6) is 0 Å². The minimum Gasteiger partial charge on any atom is -0.342 e. The van der Waals surface area contributed by atoms with Gasteiger partial charge in [-0.1, -0.05) is 40.7 Å². The number of aryl methyl sites for hydroxylation is 1. The maximum absolute atomic E-state index is 13.7. The monoisotopic (exact) mass is 469 g/mol. The Labute approximate surface area is 197 Å². The van der Waals surface area contributed by atoms with Crippen LogP contribution in [0.2, 0.25) is 0 Å². The Morgan fingerprint density at radius 2 is 1.82 bits per heavy atom. The number of allylic oxidation sites excluding steroid dienone is 2. The van der Waals surface area contributed by atoms with Gasteiger partial charge in [-0.2, -0.15) is 5.11 Å². The summed E-state index contributed by atoms with van der Waals surface area (Å²) >= 11 is 0. The molecule has 0 bridgehead atoms. The van der Waals surface area contributed by atoms with Crippen LogP contribution in [0.25, 0.3) is 0 Å². The molecule has 6 nitrogen and oxygen atoms in total. The molecule has 0 amide bonds. The minimum absolute atomic E-state index is 0.00389.